The average molecular weight is 221 g/mol. The molecule has 1 atom stereocenters. The van der Waals surface area contributed by atoms with Crippen molar-refractivity contribution in [2.75, 3.05) is 13.7 Å². The van der Waals surface area contributed by atoms with E-state index in [2.05, 4.69) is 13.8 Å². The highest BCUT2D eigenvalue weighted by atomic mass is 16.5. The number of phenolic OH excluding ortho intramolecular Hbond substituents is 1. The van der Waals surface area contributed by atoms with Crippen molar-refractivity contribution in [1.29, 1.82) is 0 Å². The molecule has 2 rings (SSSR count). The minimum absolute atomic E-state index is 0.0496. The lowest BCUT2D eigenvalue weighted by Gasteiger charge is -2.20. The fraction of sp³-hybridized carbons (Fsp3) is 0.538. The molecular weight excluding hydrogens is 202 g/mol. The third-order valence-electron chi connectivity index (χ3n) is 3.99. The molecule has 0 aliphatic heterocycles. The zero-order valence-corrected chi connectivity index (χ0v) is 10.1. The van der Waals surface area contributed by atoms with Crippen molar-refractivity contribution >= 4 is 0 Å². The first-order valence-electron chi connectivity index (χ1n) is 5.54. The number of nitrogens with two attached hydrogens (primary N) is 1. The molecule has 0 bridgehead atoms. The fourth-order valence-corrected chi connectivity index (χ4v) is 2.64. The fourth-order valence-electron chi connectivity index (χ4n) is 2.64. The minimum atomic E-state index is 0.0496. The molecule has 1 unspecified atom stereocenters. The number of benzene rings is 1. The predicted octanol–water partition coefficient (Wildman–Crippen LogP) is 2.03. The Kier molecular flexibility index (Phi) is 2.39. The summed E-state index contributed by atoms with van der Waals surface area (Å²) < 4.78 is 5.13. The Morgan fingerprint density at radius 2 is 2.06 bits per heavy atom. The summed E-state index contributed by atoms with van der Waals surface area (Å²) in [6.07, 6.45) is 1.09. The van der Waals surface area contributed by atoms with Gasteiger partial charge in [-0.05, 0) is 29.5 Å². The normalized spacial score (nSPS) is 26.5. The van der Waals surface area contributed by atoms with E-state index in [1.165, 1.54) is 0 Å². The van der Waals surface area contributed by atoms with Gasteiger partial charge in [-0.25, -0.2) is 0 Å². The number of hydrogen-bond donors (Lipinski definition) is 2. The van der Waals surface area contributed by atoms with Gasteiger partial charge in [-0.1, -0.05) is 19.9 Å². The van der Waals surface area contributed by atoms with Crippen molar-refractivity contribution in [3.8, 4) is 11.5 Å². The second kappa shape index (κ2) is 3.39. The van der Waals surface area contributed by atoms with Crippen LogP contribution in [-0.4, -0.2) is 18.8 Å². The third kappa shape index (κ3) is 1.39. The zero-order valence-electron chi connectivity index (χ0n) is 10.1. The maximum atomic E-state index is 9.57. The monoisotopic (exact) mass is 221 g/mol. The minimum Gasteiger partial charge on any atom is -0.504 e. The van der Waals surface area contributed by atoms with Gasteiger partial charge in [0.1, 0.15) is 0 Å². The van der Waals surface area contributed by atoms with Gasteiger partial charge in [0.05, 0.1) is 7.11 Å². The first kappa shape index (κ1) is 11.3. The summed E-state index contributed by atoms with van der Waals surface area (Å²) in [5, 5.41) is 9.57. The maximum absolute atomic E-state index is 9.57. The van der Waals surface area contributed by atoms with Crippen molar-refractivity contribution < 1.29 is 9.84 Å². The van der Waals surface area contributed by atoms with Crippen LogP contribution >= 0.6 is 0 Å². The molecule has 3 N–H and O–H groups in total. The first-order chi connectivity index (χ1) is 7.47. The lowest BCUT2D eigenvalue weighted by Crippen LogP contribution is -2.25. The SMILES string of the molecule is COc1cc(C2(CN)CC2(C)C)ccc1O. The molecule has 1 aliphatic carbocycles. The summed E-state index contributed by atoms with van der Waals surface area (Å²) in [6.45, 7) is 5.08. The maximum Gasteiger partial charge on any atom is 0.160 e. The van der Waals surface area contributed by atoms with E-state index in [4.69, 9.17) is 10.5 Å². The van der Waals surface area contributed by atoms with Crippen LogP contribution in [0.4, 0.5) is 0 Å². The number of rotatable bonds is 3. The molecule has 1 fully saturated rings. The molecule has 0 heterocycles. The predicted molar refractivity (Wildman–Crippen MR) is 63.8 cm³/mol. The zero-order chi connectivity index (χ0) is 12.0. The molecule has 1 aliphatic rings. The number of methoxy groups -OCH3 is 1. The lowest BCUT2D eigenvalue weighted by molar-refractivity contribution is 0.371. The van der Waals surface area contributed by atoms with Crippen molar-refractivity contribution in [2.45, 2.75) is 25.7 Å². The molecular formula is C13H19NO2. The Morgan fingerprint density at radius 1 is 1.44 bits per heavy atom. The van der Waals surface area contributed by atoms with E-state index in [1.54, 1.807) is 13.2 Å². The molecule has 0 radical (unpaired) electrons. The molecule has 0 aromatic heterocycles. The van der Waals surface area contributed by atoms with Crippen LogP contribution in [0, 0.1) is 5.41 Å². The topological polar surface area (TPSA) is 55.5 Å². The van der Waals surface area contributed by atoms with Gasteiger partial charge in [0.15, 0.2) is 11.5 Å². The van der Waals surface area contributed by atoms with Crippen LogP contribution in [0.15, 0.2) is 18.2 Å². The lowest BCUT2D eigenvalue weighted by atomic mass is 9.88. The summed E-state index contributed by atoms with van der Waals surface area (Å²) in [5.41, 5.74) is 7.35. The van der Waals surface area contributed by atoms with Crippen LogP contribution < -0.4 is 10.5 Å². The van der Waals surface area contributed by atoms with E-state index in [0.717, 1.165) is 12.0 Å². The van der Waals surface area contributed by atoms with Crippen molar-refractivity contribution in [3.63, 3.8) is 0 Å². The standard InChI is InChI=1S/C13H19NO2/c1-12(2)7-13(12,8-14)9-4-5-10(15)11(6-9)16-3/h4-6,15H,7-8,14H2,1-3H3. The number of hydrogen-bond acceptors (Lipinski definition) is 3. The van der Waals surface area contributed by atoms with Gasteiger partial charge in [-0.2, -0.15) is 0 Å². The highest BCUT2D eigenvalue weighted by Crippen LogP contribution is 2.64. The Morgan fingerprint density at radius 3 is 2.50 bits per heavy atom. The molecule has 88 valence electrons. The molecule has 1 aromatic carbocycles. The van der Waals surface area contributed by atoms with Gasteiger partial charge in [0, 0.05) is 12.0 Å². The number of aromatic hydroxyl groups is 1. The van der Waals surface area contributed by atoms with E-state index in [1.807, 2.05) is 12.1 Å². The van der Waals surface area contributed by atoms with Crippen LogP contribution in [0.25, 0.3) is 0 Å². The molecule has 1 saturated carbocycles. The Bertz CT molecular complexity index is 414. The van der Waals surface area contributed by atoms with E-state index < -0.39 is 0 Å². The van der Waals surface area contributed by atoms with Gasteiger partial charge in [0.2, 0.25) is 0 Å². The average Bonchev–Trinajstić information content (AvgIpc) is 2.83. The highest BCUT2D eigenvalue weighted by molar-refractivity contribution is 5.48. The van der Waals surface area contributed by atoms with Crippen molar-refractivity contribution in [1.82, 2.24) is 0 Å². The van der Waals surface area contributed by atoms with Crippen molar-refractivity contribution in [2.24, 2.45) is 11.1 Å². The number of phenols is 1. The van der Waals surface area contributed by atoms with Crippen LogP contribution in [0.3, 0.4) is 0 Å². The van der Waals surface area contributed by atoms with Crippen LogP contribution in [0.2, 0.25) is 0 Å². The van der Waals surface area contributed by atoms with E-state index in [9.17, 15) is 5.11 Å². The van der Waals surface area contributed by atoms with Gasteiger partial charge in [-0.15, -0.1) is 0 Å². The summed E-state index contributed by atoms with van der Waals surface area (Å²) in [5.74, 6) is 0.699. The molecule has 0 amide bonds. The van der Waals surface area contributed by atoms with Gasteiger partial charge in [-0.3, -0.25) is 0 Å². The van der Waals surface area contributed by atoms with Gasteiger partial charge < -0.3 is 15.6 Å². The Balaban J connectivity index is 2.42. The Labute approximate surface area is 96.2 Å². The summed E-state index contributed by atoms with van der Waals surface area (Å²) in [7, 11) is 1.56. The van der Waals surface area contributed by atoms with Gasteiger partial charge >= 0.3 is 0 Å². The smallest absolute Gasteiger partial charge is 0.160 e. The number of ether oxygens (including phenoxy) is 1. The molecule has 3 heteroatoms. The molecule has 1 aromatic rings. The largest absolute Gasteiger partial charge is 0.504 e. The molecule has 3 nitrogen and oxygen atoms in total. The quantitative estimate of drug-likeness (QED) is 0.821. The molecule has 0 spiro atoms. The molecule has 0 saturated heterocycles. The van der Waals surface area contributed by atoms with E-state index in [0.29, 0.717) is 12.3 Å². The second-order valence-electron chi connectivity index (χ2n) is 5.23. The highest BCUT2D eigenvalue weighted by Gasteiger charge is 2.61. The van der Waals surface area contributed by atoms with E-state index >= 15 is 0 Å². The Hall–Kier alpha value is -1.22. The first-order valence-corrected chi connectivity index (χ1v) is 5.54. The second-order valence-corrected chi connectivity index (χ2v) is 5.23. The summed E-state index contributed by atoms with van der Waals surface area (Å²) in [4.78, 5) is 0. The van der Waals surface area contributed by atoms with Crippen molar-refractivity contribution in [3.05, 3.63) is 23.8 Å². The van der Waals surface area contributed by atoms with E-state index in [-0.39, 0.29) is 16.6 Å². The summed E-state index contributed by atoms with van der Waals surface area (Å²) >= 11 is 0. The molecule has 16 heavy (non-hydrogen) atoms. The van der Waals surface area contributed by atoms with Crippen LogP contribution in [0.5, 0.6) is 11.5 Å². The van der Waals surface area contributed by atoms with Gasteiger partial charge in [0.25, 0.3) is 0 Å². The summed E-state index contributed by atoms with van der Waals surface area (Å²) in [6, 6.07) is 5.52. The van der Waals surface area contributed by atoms with Crippen LogP contribution in [0.1, 0.15) is 25.8 Å². The van der Waals surface area contributed by atoms with Crippen LogP contribution in [-0.2, 0) is 5.41 Å². The third-order valence-corrected chi connectivity index (χ3v) is 3.99.